The van der Waals surface area contributed by atoms with Gasteiger partial charge in [-0.3, -0.25) is 9.36 Å². The Kier molecular flexibility index (Phi) is 9.19. The SMILES string of the molecule is CCCNC(=O)N1CCN(c2cc(Cl)nc(-n3ccnc3)n2)C(CC(=O)NCCc2ccc(Cl)cc2)C1. The van der Waals surface area contributed by atoms with Crippen molar-refractivity contribution in [1.82, 2.24) is 35.1 Å². The number of aromatic nitrogens is 4. The quantitative estimate of drug-likeness (QED) is 0.400. The molecule has 3 aromatic rings. The van der Waals surface area contributed by atoms with Gasteiger partial charge in [-0.05, 0) is 30.5 Å². The molecule has 1 unspecified atom stereocenters. The van der Waals surface area contributed by atoms with E-state index in [9.17, 15) is 9.59 Å². The van der Waals surface area contributed by atoms with Crippen LogP contribution in [0.1, 0.15) is 25.3 Å². The number of halogens is 2. The van der Waals surface area contributed by atoms with Crippen LogP contribution in [0.2, 0.25) is 10.2 Å². The van der Waals surface area contributed by atoms with Gasteiger partial charge in [-0.2, -0.15) is 4.98 Å². The van der Waals surface area contributed by atoms with Crippen LogP contribution in [0.5, 0.6) is 0 Å². The normalized spacial score (nSPS) is 15.5. The highest BCUT2D eigenvalue weighted by Gasteiger charge is 2.32. The van der Waals surface area contributed by atoms with Crippen molar-refractivity contribution in [2.24, 2.45) is 0 Å². The summed E-state index contributed by atoms with van der Waals surface area (Å²) >= 11 is 12.3. The largest absolute Gasteiger partial charge is 0.356 e. The van der Waals surface area contributed by atoms with E-state index in [4.69, 9.17) is 23.2 Å². The molecule has 37 heavy (non-hydrogen) atoms. The third kappa shape index (κ3) is 7.33. The summed E-state index contributed by atoms with van der Waals surface area (Å²) in [5, 5.41) is 6.88. The number of hydrogen-bond donors (Lipinski definition) is 2. The smallest absolute Gasteiger partial charge is 0.317 e. The molecule has 0 radical (unpaired) electrons. The first-order chi connectivity index (χ1) is 17.9. The first-order valence-corrected chi connectivity index (χ1v) is 13.0. The highest BCUT2D eigenvalue weighted by molar-refractivity contribution is 6.30. The number of nitrogens with zero attached hydrogens (tertiary/aromatic N) is 6. The molecule has 1 fully saturated rings. The number of nitrogens with one attached hydrogen (secondary N) is 2. The average molecular weight is 545 g/mol. The molecule has 0 spiro atoms. The van der Waals surface area contributed by atoms with E-state index in [0.29, 0.717) is 55.9 Å². The van der Waals surface area contributed by atoms with Crippen LogP contribution in [0.3, 0.4) is 0 Å². The highest BCUT2D eigenvalue weighted by atomic mass is 35.5. The monoisotopic (exact) mass is 544 g/mol. The number of carbonyl (C=O) groups is 2. The molecule has 1 saturated heterocycles. The Balaban J connectivity index is 1.47. The zero-order chi connectivity index (χ0) is 26.2. The van der Waals surface area contributed by atoms with E-state index in [0.717, 1.165) is 12.0 Å². The second-order valence-corrected chi connectivity index (χ2v) is 9.60. The Hall–Kier alpha value is -3.37. The maximum Gasteiger partial charge on any atom is 0.317 e. The zero-order valence-electron chi connectivity index (χ0n) is 20.6. The lowest BCUT2D eigenvalue weighted by Gasteiger charge is -2.42. The number of anilines is 1. The molecular weight excluding hydrogens is 515 g/mol. The number of carbonyl (C=O) groups excluding carboxylic acids is 2. The van der Waals surface area contributed by atoms with Crippen molar-refractivity contribution in [2.45, 2.75) is 32.2 Å². The number of hydrogen-bond acceptors (Lipinski definition) is 6. The molecule has 4 rings (SSSR count). The summed E-state index contributed by atoms with van der Waals surface area (Å²) in [6, 6.07) is 8.82. The molecule has 0 bridgehead atoms. The van der Waals surface area contributed by atoms with Crippen LogP contribution < -0.4 is 15.5 Å². The fourth-order valence-corrected chi connectivity index (χ4v) is 4.48. The summed E-state index contributed by atoms with van der Waals surface area (Å²) in [6.07, 6.45) is 6.70. The van der Waals surface area contributed by atoms with Gasteiger partial charge in [-0.15, -0.1) is 0 Å². The van der Waals surface area contributed by atoms with Gasteiger partial charge in [-0.1, -0.05) is 42.3 Å². The maximum atomic E-state index is 13.0. The van der Waals surface area contributed by atoms with Crippen LogP contribution in [0.4, 0.5) is 10.6 Å². The Labute approximate surface area is 226 Å². The molecule has 2 N–H and O–H groups in total. The van der Waals surface area contributed by atoms with Crippen molar-refractivity contribution < 1.29 is 9.59 Å². The fraction of sp³-hybridized carbons (Fsp3) is 0.400. The summed E-state index contributed by atoms with van der Waals surface area (Å²) in [6.45, 7) is 4.47. The Morgan fingerprint density at radius 1 is 1.08 bits per heavy atom. The minimum atomic E-state index is -0.293. The van der Waals surface area contributed by atoms with Crippen molar-refractivity contribution >= 4 is 41.0 Å². The lowest BCUT2D eigenvalue weighted by atomic mass is 10.1. The molecule has 3 heterocycles. The number of rotatable bonds is 9. The van der Waals surface area contributed by atoms with E-state index in [2.05, 4.69) is 25.6 Å². The van der Waals surface area contributed by atoms with Gasteiger partial charge in [0.25, 0.3) is 0 Å². The van der Waals surface area contributed by atoms with E-state index in [1.165, 1.54) is 0 Å². The summed E-state index contributed by atoms with van der Waals surface area (Å²) < 4.78 is 1.67. The number of benzene rings is 1. The van der Waals surface area contributed by atoms with E-state index in [-0.39, 0.29) is 29.6 Å². The molecular formula is C25H30Cl2N8O2. The van der Waals surface area contributed by atoms with Crippen LogP contribution in [0, 0.1) is 0 Å². The highest BCUT2D eigenvalue weighted by Crippen LogP contribution is 2.24. The van der Waals surface area contributed by atoms with Gasteiger partial charge in [0.2, 0.25) is 11.9 Å². The van der Waals surface area contributed by atoms with Crippen molar-refractivity contribution in [3.8, 4) is 5.95 Å². The van der Waals surface area contributed by atoms with E-state index in [1.54, 1.807) is 34.3 Å². The van der Waals surface area contributed by atoms with E-state index in [1.807, 2.05) is 36.1 Å². The second-order valence-electron chi connectivity index (χ2n) is 8.77. The predicted octanol–water partition coefficient (Wildman–Crippen LogP) is 3.33. The third-order valence-electron chi connectivity index (χ3n) is 6.07. The first kappa shape index (κ1) is 26.7. The molecule has 0 saturated carbocycles. The molecule has 1 aliphatic rings. The van der Waals surface area contributed by atoms with Crippen LogP contribution in [0.15, 0.2) is 49.1 Å². The molecule has 196 valence electrons. The molecule has 12 heteroatoms. The molecule has 3 amide bonds. The van der Waals surface area contributed by atoms with Gasteiger partial charge in [0, 0.05) is 62.6 Å². The van der Waals surface area contributed by atoms with E-state index >= 15 is 0 Å². The summed E-state index contributed by atoms with van der Waals surface area (Å²) in [4.78, 5) is 42.4. The molecule has 1 aromatic carbocycles. The minimum Gasteiger partial charge on any atom is -0.356 e. The number of imidazole rings is 1. The second kappa shape index (κ2) is 12.7. The van der Waals surface area contributed by atoms with Crippen molar-refractivity contribution in [2.75, 3.05) is 37.6 Å². The van der Waals surface area contributed by atoms with Gasteiger partial charge < -0.3 is 20.4 Å². The lowest BCUT2D eigenvalue weighted by molar-refractivity contribution is -0.121. The summed E-state index contributed by atoms with van der Waals surface area (Å²) in [5.74, 6) is 0.875. The van der Waals surface area contributed by atoms with Crippen LogP contribution >= 0.6 is 23.2 Å². The summed E-state index contributed by atoms with van der Waals surface area (Å²) in [5.41, 5.74) is 1.09. The van der Waals surface area contributed by atoms with Crippen LogP contribution in [-0.4, -0.2) is 75.1 Å². The number of urea groups is 1. The van der Waals surface area contributed by atoms with Crippen LogP contribution in [0.25, 0.3) is 5.95 Å². The van der Waals surface area contributed by atoms with Crippen molar-refractivity contribution in [3.05, 3.63) is 64.8 Å². The predicted molar refractivity (Wildman–Crippen MR) is 143 cm³/mol. The van der Waals surface area contributed by atoms with Gasteiger partial charge in [0.05, 0.1) is 6.04 Å². The molecule has 1 aliphatic heterocycles. The molecule has 0 aliphatic carbocycles. The van der Waals surface area contributed by atoms with Crippen molar-refractivity contribution in [3.63, 3.8) is 0 Å². The standard InChI is InChI=1S/C25H30Cl2N8O2/c1-2-8-30-25(37)33-12-13-35(22-15-21(27)31-24(32-22)34-11-10-28-17-34)20(16-33)14-23(36)29-9-7-18-3-5-19(26)6-4-18/h3-6,10-11,15,17,20H,2,7-9,12-14,16H2,1H3,(H,29,36)(H,30,37). The zero-order valence-corrected chi connectivity index (χ0v) is 22.1. The topological polar surface area (TPSA) is 108 Å². The maximum absolute atomic E-state index is 13.0. The first-order valence-electron chi connectivity index (χ1n) is 12.3. The number of amides is 3. The van der Waals surface area contributed by atoms with Gasteiger partial charge in [0.1, 0.15) is 17.3 Å². The van der Waals surface area contributed by atoms with Gasteiger partial charge in [0.15, 0.2) is 0 Å². The van der Waals surface area contributed by atoms with Gasteiger partial charge >= 0.3 is 6.03 Å². The molecule has 2 aromatic heterocycles. The fourth-order valence-electron chi connectivity index (χ4n) is 4.18. The van der Waals surface area contributed by atoms with E-state index < -0.39 is 0 Å². The minimum absolute atomic E-state index is 0.102. The third-order valence-corrected chi connectivity index (χ3v) is 6.51. The molecule has 10 nitrogen and oxygen atoms in total. The Morgan fingerprint density at radius 3 is 2.62 bits per heavy atom. The van der Waals surface area contributed by atoms with Gasteiger partial charge in [-0.25, -0.2) is 14.8 Å². The average Bonchev–Trinajstić information content (AvgIpc) is 3.43. The Bertz CT molecular complexity index is 1190. The van der Waals surface area contributed by atoms with Crippen molar-refractivity contribution in [1.29, 1.82) is 0 Å². The number of piperazine rings is 1. The lowest BCUT2D eigenvalue weighted by Crippen LogP contribution is -2.58. The van der Waals surface area contributed by atoms with Crippen LogP contribution in [-0.2, 0) is 11.2 Å². The molecule has 1 atom stereocenters. The summed E-state index contributed by atoms with van der Waals surface area (Å²) in [7, 11) is 0. The Morgan fingerprint density at radius 2 is 1.89 bits per heavy atom.